The summed E-state index contributed by atoms with van der Waals surface area (Å²) >= 11 is 1.76. The first kappa shape index (κ1) is 17.6. The molecule has 3 aliphatic carbocycles. The van der Waals surface area contributed by atoms with E-state index in [0.717, 1.165) is 37.0 Å². The summed E-state index contributed by atoms with van der Waals surface area (Å²) in [5.74, 6) is 1.83. The van der Waals surface area contributed by atoms with Crippen molar-refractivity contribution in [1.29, 1.82) is 0 Å². The van der Waals surface area contributed by atoms with Crippen LogP contribution in [0.4, 0.5) is 0 Å². The lowest BCUT2D eigenvalue weighted by Gasteiger charge is -2.51. The Kier molecular flexibility index (Phi) is 6.38. The van der Waals surface area contributed by atoms with Crippen molar-refractivity contribution in [3.8, 4) is 0 Å². The van der Waals surface area contributed by atoms with Crippen molar-refractivity contribution in [1.82, 2.24) is 4.72 Å². The topological polar surface area (TPSA) is 49.3 Å². The van der Waals surface area contributed by atoms with Crippen molar-refractivity contribution in [3.05, 3.63) is 42.5 Å². The van der Waals surface area contributed by atoms with Crippen molar-refractivity contribution >= 4 is 17.9 Å². The molecule has 0 radical (unpaired) electrons. The van der Waals surface area contributed by atoms with Crippen LogP contribution in [0.1, 0.15) is 44.9 Å². The Morgan fingerprint density at radius 2 is 2.00 bits per heavy atom. The van der Waals surface area contributed by atoms with Crippen LogP contribution in [0.2, 0.25) is 0 Å². The van der Waals surface area contributed by atoms with Gasteiger partial charge in [0.05, 0.1) is 0 Å². The second kappa shape index (κ2) is 8.72. The molecule has 0 spiro atoms. The van der Waals surface area contributed by atoms with Crippen molar-refractivity contribution < 1.29 is 9.90 Å². The number of carbonyl (C=O) groups is 1. The van der Waals surface area contributed by atoms with Crippen LogP contribution >= 0.6 is 11.9 Å². The first-order chi connectivity index (χ1) is 11.7. The number of unbranched alkanes of at least 4 members (excludes halogenated alkanes) is 1. The molecule has 0 amide bonds. The van der Waals surface area contributed by atoms with Gasteiger partial charge in [0.1, 0.15) is 0 Å². The number of allylic oxidation sites excluding steroid dienone is 2. The molecule has 2 bridgehead atoms. The molecular weight excluding hydrogens is 318 g/mol. The zero-order chi connectivity index (χ0) is 16.8. The molecule has 0 aliphatic heterocycles. The van der Waals surface area contributed by atoms with E-state index in [9.17, 15) is 4.79 Å². The van der Waals surface area contributed by atoms with Crippen LogP contribution in [0.25, 0.3) is 0 Å². The molecule has 2 atom stereocenters. The molecule has 1 unspecified atom stereocenters. The number of carboxylic acids is 1. The molecule has 3 saturated carbocycles. The van der Waals surface area contributed by atoms with Crippen molar-refractivity contribution in [2.45, 2.75) is 55.9 Å². The highest BCUT2D eigenvalue weighted by atomic mass is 32.2. The lowest BCUT2D eigenvalue weighted by atomic mass is 9.57. The minimum Gasteiger partial charge on any atom is -0.481 e. The smallest absolute Gasteiger partial charge is 0.303 e. The van der Waals surface area contributed by atoms with Gasteiger partial charge >= 0.3 is 5.97 Å². The lowest BCUT2D eigenvalue weighted by molar-refractivity contribution is -0.137. The minimum absolute atomic E-state index is 0.274. The molecule has 24 heavy (non-hydrogen) atoms. The Hall–Kier alpha value is -1.26. The number of aliphatic carboxylic acids is 1. The average molecular weight is 346 g/mol. The van der Waals surface area contributed by atoms with Gasteiger partial charge in [0.25, 0.3) is 0 Å². The summed E-state index contributed by atoms with van der Waals surface area (Å²) in [4.78, 5) is 11.8. The van der Waals surface area contributed by atoms with Gasteiger partial charge in [0, 0.05) is 17.4 Å². The summed E-state index contributed by atoms with van der Waals surface area (Å²) in [5.41, 5.74) is 0. The first-order valence-corrected chi connectivity index (χ1v) is 9.88. The van der Waals surface area contributed by atoms with Crippen LogP contribution < -0.4 is 4.72 Å². The van der Waals surface area contributed by atoms with E-state index in [2.05, 4.69) is 47.2 Å². The van der Waals surface area contributed by atoms with Crippen LogP contribution in [0, 0.1) is 17.8 Å². The summed E-state index contributed by atoms with van der Waals surface area (Å²) in [7, 11) is 0. The second-order valence-electron chi connectivity index (χ2n) is 7.13. The lowest BCUT2D eigenvalue weighted by Crippen LogP contribution is -2.49. The van der Waals surface area contributed by atoms with Gasteiger partial charge in [0.2, 0.25) is 0 Å². The fraction of sp³-hybridized carbons (Fsp3) is 0.550. The monoisotopic (exact) mass is 345 g/mol. The minimum atomic E-state index is -0.696. The molecule has 0 aromatic heterocycles. The second-order valence-corrected chi connectivity index (χ2v) is 8.04. The number of benzene rings is 1. The highest BCUT2D eigenvalue weighted by molar-refractivity contribution is 7.97. The molecule has 1 aromatic rings. The van der Waals surface area contributed by atoms with Crippen molar-refractivity contribution in [2.75, 3.05) is 0 Å². The van der Waals surface area contributed by atoms with Gasteiger partial charge in [-0.15, -0.1) is 0 Å². The molecule has 1 aromatic carbocycles. The van der Waals surface area contributed by atoms with Crippen LogP contribution in [0.15, 0.2) is 47.4 Å². The number of hydrogen-bond donors (Lipinski definition) is 2. The van der Waals surface area contributed by atoms with Gasteiger partial charge in [-0.3, -0.25) is 9.52 Å². The third-order valence-electron chi connectivity index (χ3n) is 5.39. The Morgan fingerprint density at radius 3 is 2.75 bits per heavy atom. The molecular formula is C20H27NO2S. The first-order valence-electron chi connectivity index (χ1n) is 9.06. The highest BCUT2D eigenvalue weighted by Crippen LogP contribution is 2.50. The molecule has 0 heterocycles. The Balaban J connectivity index is 1.46. The Morgan fingerprint density at radius 1 is 1.21 bits per heavy atom. The number of nitrogens with one attached hydrogen (secondary N) is 1. The van der Waals surface area contributed by atoms with Gasteiger partial charge in [-0.2, -0.15) is 0 Å². The Bertz CT molecular complexity index is 554. The molecule has 0 saturated heterocycles. The van der Waals surface area contributed by atoms with E-state index in [0.29, 0.717) is 6.04 Å². The molecule has 3 nitrogen and oxygen atoms in total. The van der Waals surface area contributed by atoms with Crippen LogP contribution in [0.3, 0.4) is 0 Å². The SMILES string of the molecule is O=C(O)CCC/C=C\C[C@H]1C2CC(C2)CC1NSc1ccccc1. The average Bonchev–Trinajstić information content (AvgIpc) is 2.56. The van der Waals surface area contributed by atoms with Gasteiger partial charge in [-0.1, -0.05) is 30.4 Å². The third-order valence-corrected chi connectivity index (χ3v) is 6.32. The summed E-state index contributed by atoms with van der Waals surface area (Å²) in [6.45, 7) is 0. The summed E-state index contributed by atoms with van der Waals surface area (Å²) in [6, 6.07) is 11.1. The van der Waals surface area contributed by atoms with E-state index in [1.54, 1.807) is 11.9 Å². The quantitative estimate of drug-likeness (QED) is 0.380. The maximum absolute atomic E-state index is 10.5. The fourth-order valence-corrected chi connectivity index (χ4v) is 4.91. The molecule has 3 aliphatic rings. The molecule has 4 heteroatoms. The number of rotatable bonds is 9. The zero-order valence-electron chi connectivity index (χ0n) is 14.1. The highest BCUT2D eigenvalue weighted by Gasteiger charge is 2.44. The van der Waals surface area contributed by atoms with Crippen LogP contribution in [-0.4, -0.2) is 17.1 Å². The number of hydrogen-bond acceptors (Lipinski definition) is 3. The summed E-state index contributed by atoms with van der Waals surface area (Å²) in [6.07, 6.45) is 11.6. The zero-order valence-corrected chi connectivity index (χ0v) is 14.9. The van der Waals surface area contributed by atoms with E-state index < -0.39 is 5.97 Å². The molecule has 130 valence electrons. The normalized spacial score (nSPS) is 28.7. The van der Waals surface area contributed by atoms with Gasteiger partial charge in [-0.25, -0.2) is 0 Å². The van der Waals surface area contributed by atoms with E-state index in [4.69, 9.17) is 5.11 Å². The predicted molar refractivity (Wildman–Crippen MR) is 98.8 cm³/mol. The Labute approximate surface area is 149 Å². The third kappa shape index (κ3) is 4.87. The van der Waals surface area contributed by atoms with E-state index in [-0.39, 0.29) is 6.42 Å². The summed E-state index contributed by atoms with van der Waals surface area (Å²) in [5, 5.41) is 8.67. The van der Waals surface area contributed by atoms with Crippen molar-refractivity contribution in [2.24, 2.45) is 17.8 Å². The van der Waals surface area contributed by atoms with Gasteiger partial charge < -0.3 is 5.11 Å². The van der Waals surface area contributed by atoms with E-state index in [1.807, 2.05) is 0 Å². The molecule has 2 N–H and O–H groups in total. The van der Waals surface area contributed by atoms with E-state index >= 15 is 0 Å². The number of carboxylic acid groups (broad SMARTS) is 1. The van der Waals surface area contributed by atoms with Gasteiger partial charge in [-0.05, 0) is 80.4 Å². The molecule has 4 rings (SSSR count). The maximum atomic E-state index is 10.5. The van der Waals surface area contributed by atoms with Crippen LogP contribution in [0.5, 0.6) is 0 Å². The van der Waals surface area contributed by atoms with Gasteiger partial charge in [0.15, 0.2) is 0 Å². The van der Waals surface area contributed by atoms with E-state index in [1.165, 1.54) is 24.2 Å². The van der Waals surface area contributed by atoms with Crippen LogP contribution in [-0.2, 0) is 4.79 Å². The van der Waals surface area contributed by atoms with Crippen molar-refractivity contribution in [3.63, 3.8) is 0 Å². The predicted octanol–water partition coefficient (Wildman–Crippen LogP) is 4.90. The number of fused-ring (bicyclic) bond motifs is 2. The standard InChI is InChI=1S/C20H27NO2S/c22-20(23)11-7-2-1-6-10-18-16-12-15(13-16)14-19(18)21-24-17-8-4-3-5-9-17/h1,3-6,8-9,15-16,18-19,21H,2,7,10-14H2,(H,22,23)/b6-1-/t15?,16?,18-,19?/m0/s1. The molecule has 3 fully saturated rings. The largest absolute Gasteiger partial charge is 0.481 e. The summed E-state index contributed by atoms with van der Waals surface area (Å²) < 4.78 is 3.72. The maximum Gasteiger partial charge on any atom is 0.303 e. The fourth-order valence-electron chi connectivity index (χ4n) is 4.06.